The van der Waals surface area contributed by atoms with E-state index in [0.717, 1.165) is 38.1 Å². The van der Waals surface area contributed by atoms with E-state index < -0.39 is 0 Å². The number of hydrogen-bond donors (Lipinski definition) is 1. The van der Waals surface area contributed by atoms with Gasteiger partial charge in [0, 0.05) is 38.5 Å². The molecule has 1 aromatic rings. The minimum Gasteiger partial charge on any atom is -0.377 e. The molecule has 0 aromatic carbocycles. The molecule has 0 amide bonds. The van der Waals surface area contributed by atoms with Gasteiger partial charge in [-0.1, -0.05) is 6.92 Å². The number of aryl methyl sites for hydroxylation is 1. The van der Waals surface area contributed by atoms with Crippen LogP contribution < -0.4 is 5.73 Å². The molecule has 96 valence electrons. The van der Waals surface area contributed by atoms with E-state index in [4.69, 9.17) is 10.5 Å². The Morgan fingerprint density at radius 3 is 2.88 bits per heavy atom. The maximum atomic E-state index is 6.30. The Hall–Kier alpha value is -0.870. The Kier molecular flexibility index (Phi) is 3.84. The summed E-state index contributed by atoms with van der Waals surface area (Å²) >= 11 is 0. The molecule has 0 radical (unpaired) electrons. The molecule has 4 heteroatoms. The number of aromatic nitrogens is 2. The molecule has 1 unspecified atom stereocenters. The van der Waals surface area contributed by atoms with Crippen LogP contribution in [0, 0.1) is 0 Å². The quantitative estimate of drug-likeness (QED) is 0.820. The summed E-state index contributed by atoms with van der Waals surface area (Å²) < 4.78 is 7.82. The van der Waals surface area contributed by atoms with Crippen molar-refractivity contribution < 1.29 is 4.74 Å². The van der Waals surface area contributed by atoms with Crippen molar-refractivity contribution >= 4 is 0 Å². The highest BCUT2D eigenvalue weighted by Crippen LogP contribution is 2.38. The van der Waals surface area contributed by atoms with Crippen LogP contribution in [0.15, 0.2) is 12.4 Å². The number of ether oxygens (including phenoxy) is 1. The molecule has 1 aliphatic rings. The highest BCUT2D eigenvalue weighted by atomic mass is 16.5. The van der Waals surface area contributed by atoms with E-state index >= 15 is 0 Å². The Balaban J connectivity index is 2.02. The second-order valence-corrected chi connectivity index (χ2v) is 4.97. The van der Waals surface area contributed by atoms with Crippen molar-refractivity contribution in [3.63, 3.8) is 0 Å². The number of rotatable bonds is 6. The van der Waals surface area contributed by atoms with E-state index in [1.54, 1.807) is 7.11 Å². The van der Waals surface area contributed by atoms with Crippen molar-refractivity contribution in [2.24, 2.45) is 5.73 Å². The average molecular weight is 237 g/mol. The summed E-state index contributed by atoms with van der Waals surface area (Å²) in [6.07, 6.45) is 9.21. The Morgan fingerprint density at radius 1 is 1.59 bits per heavy atom. The van der Waals surface area contributed by atoms with Gasteiger partial charge < -0.3 is 15.0 Å². The molecule has 1 atom stereocenters. The predicted molar refractivity (Wildman–Crippen MR) is 67.8 cm³/mol. The van der Waals surface area contributed by atoms with Gasteiger partial charge in [0.2, 0.25) is 0 Å². The molecular formula is C13H23N3O. The first-order valence-corrected chi connectivity index (χ1v) is 6.52. The molecule has 2 rings (SSSR count). The average Bonchev–Trinajstić information content (AvgIpc) is 2.66. The van der Waals surface area contributed by atoms with Gasteiger partial charge in [-0.3, -0.25) is 0 Å². The van der Waals surface area contributed by atoms with Crippen LogP contribution in [-0.2, 0) is 17.7 Å². The first-order chi connectivity index (χ1) is 8.22. The van der Waals surface area contributed by atoms with Crippen molar-refractivity contribution in [1.29, 1.82) is 0 Å². The lowest BCUT2D eigenvalue weighted by molar-refractivity contribution is -0.0901. The number of imidazole rings is 1. The van der Waals surface area contributed by atoms with E-state index in [2.05, 4.69) is 16.5 Å². The third kappa shape index (κ3) is 2.38. The highest BCUT2D eigenvalue weighted by molar-refractivity contribution is 5.04. The molecule has 1 heterocycles. The molecule has 0 saturated heterocycles. The van der Waals surface area contributed by atoms with Crippen molar-refractivity contribution in [2.75, 3.05) is 7.11 Å². The van der Waals surface area contributed by atoms with Crippen LogP contribution >= 0.6 is 0 Å². The van der Waals surface area contributed by atoms with Crippen LogP contribution in [0.25, 0.3) is 0 Å². The van der Waals surface area contributed by atoms with Crippen molar-refractivity contribution in [3.05, 3.63) is 18.2 Å². The molecule has 1 aliphatic carbocycles. The summed E-state index contributed by atoms with van der Waals surface area (Å²) in [6.45, 7) is 3.19. The Bertz CT molecular complexity index is 352. The Labute approximate surface area is 103 Å². The normalized spacial score (nSPS) is 19.9. The van der Waals surface area contributed by atoms with Crippen LogP contribution in [-0.4, -0.2) is 28.3 Å². The molecule has 1 saturated carbocycles. The minimum atomic E-state index is -0.0943. The maximum Gasteiger partial charge on any atom is 0.110 e. The van der Waals surface area contributed by atoms with E-state index in [-0.39, 0.29) is 11.6 Å². The fourth-order valence-electron chi connectivity index (χ4n) is 2.61. The van der Waals surface area contributed by atoms with Crippen LogP contribution in [0.1, 0.15) is 38.4 Å². The zero-order valence-electron chi connectivity index (χ0n) is 10.9. The maximum absolute atomic E-state index is 6.30. The van der Waals surface area contributed by atoms with Gasteiger partial charge in [-0.15, -0.1) is 0 Å². The number of hydrogen-bond acceptors (Lipinski definition) is 3. The first kappa shape index (κ1) is 12.6. The van der Waals surface area contributed by atoms with Gasteiger partial charge in [-0.05, 0) is 25.7 Å². The third-order valence-corrected chi connectivity index (χ3v) is 3.95. The zero-order chi connectivity index (χ0) is 12.3. The second kappa shape index (κ2) is 5.19. The highest BCUT2D eigenvalue weighted by Gasteiger charge is 2.42. The number of nitrogens with two attached hydrogens (primary N) is 1. The molecule has 2 N–H and O–H groups in total. The topological polar surface area (TPSA) is 53.1 Å². The second-order valence-electron chi connectivity index (χ2n) is 4.97. The minimum absolute atomic E-state index is 0.0549. The molecule has 4 nitrogen and oxygen atoms in total. The SMILES string of the molecule is CCCn1ccnc1CC(N)C1(OC)CCC1. The van der Waals surface area contributed by atoms with Gasteiger partial charge in [0.05, 0.1) is 5.60 Å². The standard InChI is InChI=1S/C13H23N3O/c1-3-8-16-9-7-15-12(16)10-11(14)13(17-2)5-4-6-13/h7,9,11H,3-6,8,10,14H2,1-2H3. The van der Waals surface area contributed by atoms with Gasteiger partial charge in [0.1, 0.15) is 5.82 Å². The summed E-state index contributed by atoms with van der Waals surface area (Å²) in [5, 5.41) is 0. The van der Waals surface area contributed by atoms with Crippen molar-refractivity contribution in [3.8, 4) is 0 Å². The molecule has 1 aromatic heterocycles. The summed E-state index contributed by atoms with van der Waals surface area (Å²) in [5.41, 5.74) is 6.21. The Morgan fingerprint density at radius 2 is 2.35 bits per heavy atom. The van der Waals surface area contributed by atoms with E-state index in [9.17, 15) is 0 Å². The number of methoxy groups -OCH3 is 1. The lowest BCUT2D eigenvalue weighted by atomic mass is 9.73. The van der Waals surface area contributed by atoms with E-state index in [1.165, 1.54) is 6.42 Å². The summed E-state index contributed by atoms with van der Waals surface area (Å²) in [6, 6.07) is 0.0549. The number of nitrogens with zero attached hydrogens (tertiary/aromatic N) is 2. The smallest absolute Gasteiger partial charge is 0.110 e. The summed E-state index contributed by atoms with van der Waals surface area (Å²) in [7, 11) is 1.78. The largest absolute Gasteiger partial charge is 0.377 e. The van der Waals surface area contributed by atoms with Gasteiger partial charge in [0.25, 0.3) is 0 Å². The molecule has 1 fully saturated rings. The molecular weight excluding hydrogens is 214 g/mol. The van der Waals surface area contributed by atoms with Gasteiger partial charge in [-0.2, -0.15) is 0 Å². The van der Waals surface area contributed by atoms with Crippen LogP contribution in [0.3, 0.4) is 0 Å². The molecule has 0 aliphatic heterocycles. The fraction of sp³-hybridized carbons (Fsp3) is 0.769. The monoisotopic (exact) mass is 237 g/mol. The molecule has 17 heavy (non-hydrogen) atoms. The summed E-state index contributed by atoms with van der Waals surface area (Å²) in [4.78, 5) is 4.41. The molecule has 0 spiro atoms. The zero-order valence-corrected chi connectivity index (χ0v) is 10.9. The van der Waals surface area contributed by atoms with Crippen LogP contribution in [0.2, 0.25) is 0 Å². The first-order valence-electron chi connectivity index (χ1n) is 6.52. The lowest BCUT2D eigenvalue weighted by Crippen LogP contribution is -2.55. The van der Waals surface area contributed by atoms with Crippen molar-refractivity contribution in [1.82, 2.24) is 9.55 Å². The van der Waals surface area contributed by atoms with Gasteiger partial charge in [0.15, 0.2) is 0 Å². The van der Waals surface area contributed by atoms with Crippen LogP contribution in [0.5, 0.6) is 0 Å². The predicted octanol–water partition coefficient (Wildman–Crippen LogP) is 1.73. The van der Waals surface area contributed by atoms with E-state index in [1.807, 2.05) is 12.4 Å². The van der Waals surface area contributed by atoms with Crippen molar-refractivity contribution in [2.45, 2.75) is 57.2 Å². The summed E-state index contributed by atoms with van der Waals surface area (Å²) in [5.74, 6) is 1.09. The van der Waals surface area contributed by atoms with Crippen LogP contribution in [0.4, 0.5) is 0 Å². The van der Waals surface area contributed by atoms with E-state index in [0.29, 0.717) is 0 Å². The van der Waals surface area contributed by atoms with Gasteiger partial charge in [-0.25, -0.2) is 4.98 Å². The third-order valence-electron chi connectivity index (χ3n) is 3.95. The fourth-order valence-corrected chi connectivity index (χ4v) is 2.61. The van der Waals surface area contributed by atoms with Gasteiger partial charge >= 0.3 is 0 Å². The lowest BCUT2D eigenvalue weighted by Gasteiger charge is -2.44. The molecule has 0 bridgehead atoms.